The number of rotatable bonds is 6. The molecular weight excluding hydrogens is 256 g/mol. The smallest absolute Gasteiger partial charge is 0.00182 e. The molecule has 2 N–H and O–H groups in total. The van der Waals surface area contributed by atoms with E-state index in [1.807, 2.05) is 0 Å². The maximum atomic E-state index is 3.93. The minimum atomic E-state index is 0.445. The van der Waals surface area contributed by atoms with Crippen molar-refractivity contribution in [2.75, 3.05) is 26.2 Å². The zero-order chi connectivity index (χ0) is 16.3. The summed E-state index contributed by atoms with van der Waals surface area (Å²) in [6.07, 6.45) is 5.15. The number of hydrogen-bond donors (Lipinski definition) is 2. The van der Waals surface area contributed by atoms with Crippen LogP contribution in [-0.4, -0.2) is 26.2 Å². The van der Waals surface area contributed by atoms with E-state index in [9.17, 15) is 0 Å². The highest BCUT2D eigenvalue weighted by molar-refractivity contribution is 4.91. The van der Waals surface area contributed by atoms with Crippen molar-refractivity contribution < 1.29 is 0 Å². The molecule has 2 heteroatoms. The first-order valence-electron chi connectivity index (χ1n) is 8.83. The van der Waals surface area contributed by atoms with Crippen molar-refractivity contribution in [3.05, 3.63) is 12.2 Å². The van der Waals surface area contributed by atoms with Crippen LogP contribution in [0.15, 0.2) is 12.2 Å². The predicted molar refractivity (Wildman–Crippen MR) is 96.8 cm³/mol. The van der Waals surface area contributed by atoms with Crippen molar-refractivity contribution in [3.8, 4) is 0 Å². The number of nitrogens with one attached hydrogen (secondary N) is 2. The summed E-state index contributed by atoms with van der Waals surface area (Å²) in [5.74, 6) is 1.67. The molecular formula is C19H40N2. The quantitative estimate of drug-likeness (QED) is 0.552. The Morgan fingerprint density at radius 2 is 1.86 bits per heavy atom. The first-order valence-corrected chi connectivity index (χ1v) is 8.83. The summed E-state index contributed by atoms with van der Waals surface area (Å²) in [4.78, 5) is 0. The SMILES string of the molecule is C=C(C)CC1CCNCC1.CCCNCC(C)C(C)(C)C. The van der Waals surface area contributed by atoms with Gasteiger partial charge in [0.15, 0.2) is 0 Å². The molecule has 1 rings (SSSR count). The Bertz CT molecular complexity index is 259. The molecule has 126 valence electrons. The predicted octanol–water partition coefficient (Wildman–Crippen LogP) is 4.62. The monoisotopic (exact) mass is 296 g/mol. The van der Waals surface area contributed by atoms with Crippen LogP contribution in [0.25, 0.3) is 0 Å². The zero-order valence-corrected chi connectivity index (χ0v) is 15.5. The van der Waals surface area contributed by atoms with Gasteiger partial charge in [0, 0.05) is 0 Å². The Labute approximate surface area is 134 Å². The van der Waals surface area contributed by atoms with Crippen molar-refractivity contribution in [3.63, 3.8) is 0 Å². The first-order chi connectivity index (χ1) is 9.77. The standard InChI is InChI=1S/C10H23N.C9H17N/c1-6-7-11-8-9(2)10(3,4)5;1-8(2)7-9-3-5-10-6-4-9/h9,11H,6-8H2,1-5H3;9-10H,1,3-7H2,2H3. The summed E-state index contributed by atoms with van der Waals surface area (Å²) in [7, 11) is 0. The van der Waals surface area contributed by atoms with Gasteiger partial charge in [-0.15, -0.1) is 6.58 Å². The van der Waals surface area contributed by atoms with E-state index < -0.39 is 0 Å². The second-order valence-electron chi connectivity index (χ2n) is 7.83. The summed E-state index contributed by atoms with van der Waals surface area (Å²) in [5.41, 5.74) is 1.78. The Morgan fingerprint density at radius 1 is 1.29 bits per heavy atom. The second kappa shape index (κ2) is 11.3. The van der Waals surface area contributed by atoms with E-state index in [0.717, 1.165) is 24.9 Å². The minimum absolute atomic E-state index is 0.445. The molecule has 0 aromatic carbocycles. The lowest BCUT2D eigenvalue weighted by Gasteiger charge is -2.27. The van der Waals surface area contributed by atoms with Gasteiger partial charge in [0.2, 0.25) is 0 Å². The van der Waals surface area contributed by atoms with Crippen molar-refractivity contribution >= 4 is 0 Å². The average Bonchev–Trinajstić information content (AvgIpc) is 2.39. The number of piperidine rings is 1. The van der Waals surface area contributed by atoms with E-state index >= 15 is 0 Å². The van der Waals surface area contributed by atoms with Crippen LogP contribution >= 0.6 is 0 Å². The highest BCUT2D eigenvalue weighted by atomic mass is 14.9. The lowest BCUT2D eigenvalue weighted by atomic mass is 9.82. The van der Waals surface area contributed by atoms with E-state index in [1.165, 1.54) is 44.3 Å². The van der Waals surface area contributed by atoms with Gasteiger partial charge in [-0.05, 0) is 76.0 Å². The van der Waals surface area contributed by atoms with Crippen LogP contribution in [0.1, 0.15) is 67.2 Å². The van der Waals surface area contributed by atoms with Crippen LogP contribution in [0.3, 0.4) is 0 Å². The zero-order valence-electron chi connectivity index (χ0n) is 15.5. The van der Waals surface area contributed by atoms with E-state index in [1.54, 1.807) is 0 Å². The van der Waals surface area contributed by atoms with Crippen molar-refractivity contribution in [2.24, 2.45) is 17.3 Å². The lowest BCUT2D eigenvalue weighted by molar-refractivity contribution is 0.253. The van der Waals surface area contributed by atoms with Crippen LogP contribution in [0.4, 0.5) is 0 Å². The molecule has 1 fully saturated rings. The van der Waals surface area contributed by atoms with Gasteiger partial charge in [-0.25, -0.2) is 0 Å². The summed E-state index contributed by atoms with van der Waals surface area (Å²) in [6, 6.07) is 0. The van der Waals surface area contributed by atoms with Crippen LogP contribution in [0, 0.1) is 17.3 Å². The highest BCUT2D eigenvalue weighted by Crippen LogP contribution is 2.24. The third-order valence-corrected chi connectivity index (χ3v) is 4.45. The Kier molecular flexibility index (Phi) is 11.1. The van der Waals surface area contributed by atoms with Crippen LogP contribution in [0.5, 0.6) is 0 Å². The third kappa shape index (κ3) is 11.9. The largest absolute Gasteiger partial charge is 0.317 e. The van der Waals surface area contributed by atoms with Gasteiger partial charge < -0.3 is 10.6 Å². The summed E-state index contributed by atoms with van der Waals surface area (Å²) < 4.78 is 0. The fourth-order valence-corrected chi connectivity index (χ4v) is 2.38. The molecule has 1 aliphatic heterocycles. The number of allylic oxidation sites excluding steroid dienone is 1. The normalized spacial score (nSPS) is 17.8. The van der Waals surface area contributed by atoms with Crippen LogP contribution in [0.2, 0.25) is 0 Å². The van der Waals surface area contributed by atoms with E-state index in [-0.39, 0.29) is 0 Å². The van der Waals surface area contributed by atoms with Gasteiger partial charge in [0.05, 0.1) is 0 Å². The minimum Gasteiger partial charge on any atom is -0.317 e. The molecule has 0 amide bonds. The van der Waals surface area contributed by atoms with Gasteiger partial charge in [-0.1, -0.05) is 40.2 Å². The third-order valence-electron chi connectivity index (χ3n) is 4.45. The van der Waals surface area contributed by atoms with Crippen LogP contribution in [-0.2, 0) is 0 Å². The summed E-state index contributed by atoms with van der Waals surface area (Å²) >= 11 is 0. The molecule has 0 aromatic heterocycles. The molecule has 0 aromatic rings. The van der Waals surface area contributed by atoms with Gasteiger partial charge in [0.1, 0.15) is 0 Å². The Balaban J connectivity index is 0.000000382. The molecule has 1 heterocycles. The lowest BCUT2D eigenvalue weighted by Crippen LogP contribution is -2.30. The summed E-state index contributed by atoms with van der Waals surface area (Å²) in [5, 5.41) is 6.80. The van der Waals surface area contributed by atoms with E-state index in [0.29, 0.717) is 5.41 Å². The molecule has 21 heavy (non-hydrogen) atoms. The van der Waals surface area contributed by atoms with Gasteiger partial charge in [0.25, 0.3) is 0 Å². The summed E-state index contributed by atoms with van der Waals surface area (Å²) in [6.45, 7) is 22.2. The average molecular weight is 297 g/mol. The molecule has 2 nitrogen and oxygen atoms in total. The van der Waals surface area contributed by atoms with Gasteiger partial charge in [-0.2, -0.15) is 0 Å². The maximum Gasteiger partial charge on any atom is -0.00182 e. The van der Waals surface area contributed by atoms with Crippen LogP contribution < -0.4 is 10.6 Å². The Hall–Kier alpha value is -0.340. The molecule has 0 saturated carbocycles. The van der Waals surface area contributed by atoms with Crippen molar-refractivity contribution in [1.82, 2.24) is 10.6 Å². The maximum absolute atomic E-state index is 3.93. The molecule has 0 bridgehead atoms. The molecule has 1 unspecified atom stereocenters. The molecule has 1 saturated heterocycles. The second-order valence-corrected chi connectivity index (χ2v) is 7.83. The van der Waals surface area contributed by atoms with Gasteiger partial charge >= 0.3 is 0 Å². The van der Waals surface area contributed by atoms with E-state index in [4.69, 9.17) is 0 Å². The topological polar surface area (TPSA) is 24.1 Å². The van der Waals surface area contributed by atoms with E-state index in [2.05, 4.69) is 58.8 Å². The first kappa shape index (κ1) is 20.7. The highest BCUT2D eigenvalue weighted by Gasteiger charge is 2.18. The molecule has 1 atom stereocenters. The molecule has 0 radical (unpaired) electrons. The fourth-order valence-electron chi connectivity index (χ4n) is 2.38. The fraction of sp³-hybridized carbons (Fsp3) is 0.895. The van der Waals surface area contributed by atoms with Crippen molar-refractivity contribution in [2.45, 2.75) is 67.2 Å². The van der Waals surface area contributed by atoms with Gasteiger partial charge in [-0.3, -0.25) is 0 Å². The molecule has 0 aliphatic carbocycles. The Morgan fingerprint density at radius 3 is 2.29 bits per heavy atom. The molecule has 0 spiro atoms. The number of hydrogen-bond acceptors (Lipinski definition) is 2. The van der Waals surface area contributed by atoms with Crippen molar-refractivity contribution in [1.29, 1.82) is 0 Å². The molecule has 1 aliphatic rings.